The molecule has 2 heterocycles. The zero-order chi connectivity index (χ0) is 27.4. The fourth-order valence-electron chi connectivity index (χ4n) is 3.97. The summed E-state index contributed by atoms with van der Waals surface area (Å²) in [5.74, 6) is -0.0995. The Kier molecular flexibility index (Phi) is 7.61. The Morgan fingerprint density at radius 3 is 2.47 bits per heavy atom. The molecular weight excluding hydrogens is 495 g/mol. The van der Waals surface area contributed by atoms with Crippen molar-refractivity contribution in [1.82, 2.24) is 19.7 Å². The van der Waals surface area contributed by atoms with E-state index in [0.717, 1.165) is 27.6 Å². The third-order valence-corrected chi connectivity index (χ3v) is 5.52. The summed E-state index contributed by atoms with van der Waals surface area (Å²) in [4.78, 5) is 20.7. The van der Waals surface area contributed by atoms with E-state index >= 15 is 0 Å². The van der Waals surface area contributed by atoms with Gasteiger partial charge in [0.05, 0.1) is 6.61 Å². The van der Waals surface area contributed by atoms with Gasteiger partial charge in [-0.1, -0.05) is 24.3 Å². The van der Waals surface area contributed by atoms with Crippen LogP contribution in [0, 0.1) is 20.8 Å². The molecule has 2 aromatic carbocycles. The van der Waals surface area contributed by atoms with Gasteiger partial charge in [-0.3, -0.25) is 0 Å². The summed E-state index contributed by atoms with van der Waals surface area (Å²) in [7, 11) is 0. The van der Waals surface area contributed by atoms with Crippen molar-refractivity contribution in [3.63, 3.8) is 0 Å². The first kappa shape index (κ1) is 26.6. The molecule has 0 aliphatic rings. The van der Waals surface area contributed by atoms with E-state index in [0.29, 0.717) is 16.7 Å². The summed E-state index contributed by atoms with van der Waals surface area (Å²) in [5, 5.41) is 6.95. The van der Waals surface area contributed by atoms with Crippen molar-refractivity contribution < 1.29 is 22.7 Å². The molecule has 0 aliphatic carbocycles. The van der Waals surface area contributed by atoms with Gasteiger partial charge < -0.3 is 10.1 Å². The van der Waals surface area contributed by atoms with Gasteiger partial charge in [0, 0.05) is 29.2 Å². The van der Waals surface area contributed by atoms with Crippen molar-refractivity contribution in [3.8, 4) is 16.9 Å². The summed E-state index contributed by atoms with van der Waals surface area (Å²) in [5.41, 5.74) is 3.84. The minimum atomic E-state index is -4.61. The molecule has 196 valence electrons. The highest BCUT2D eigenvalue weighted by Crippen LogP contribution is 2.32. The van der Waals surface area contributed by atoms with Crippen LogP contribution in [0.4, 0.5) is 24.8 Å². The van der Waals surface area contributed by atoms with Crippen molar-refractivity contribution in [2.75, 3.05) is 11.9 Å². The van der Waals surface area contributed by atoms with E-state index < -0.39 is 17.8 Å². The molecule has 2 aromatic heterocycles. The largest absolute Gasteiger partial charge is 0.463 e. The normalized spacial score (nSPS) is 11.7. The highest BCUT2D eigenvalue weighted by molar-refractivity contribution is 5.87. The average molecular weight is 522 g/mol. The van der Waals surface area contributed by atoms with Gasteiger partial charge in [-0.05, 0) is 80.3 Å². The van der Waals surface area contributed by atoms with Gasteiger partial charge in [-0.25, -0.2) is 14.5 Å². The number of hydrogen-bond acceptors (Lipinski definition) is 6. The second-order valence-electron chi connectivity index (χ2n) is 8.72. The number of nitrogens with one attached hydrogen (secondary N) is 1. The van der Waals surface area contributed by atoms with E-state index in [1.165, 1.54) is 19.2 Å². The number of hydrogen-bond donors (Lipinski definition) is 1. The number of aromatic nitrogens is 4. The van der Waals surface area contributed by atoms with Crippen molar-refractivity contribution >= 4 is 23.7 Å². The second kappa shape index (κ2) is 10.9. The summed E-state index contributed by atoms with van der Waals surface area (Å²) in [6.07, 6.45) is -0.167. The SMILES string of the molecule is CCOC(=O)C=Cc1cccc(-c2cnc(Nc3cc(C)cc(C)c3)nc2-n2nc(C(F)(F)F)cc2C)c1. The van der Waals surface area contributed by atoms with E-state index in [1.54, 1.807) is 37.3 Å². The summed E-state index contributed by atoms with van der Waals surface area (Å²) >= 11 is 0. The number of ether oxygens (including phenoxy) is 1. The molecule has 7 nitrogen and oxygen atoms in total. The summed E-state index contributed by atoms with van der Waals surface area (Å²) in [6.45, 7) is 7.43. The molecule has 0 saturated heterocycles. The lowest BCUT2D eigenvalue weighted by Gasteiger charge is -2.14. The third kappa shape index (κ3) is 6.26. The molecule has 0 unspecified atom stereocenters. The van der Waals surface area contributed by atoms with Crippen molar-refractivity contribution in [3.05, 3.63) is 88.9 Å². The van der Waals surface area contributed by atoms with Gasteiger partial charge in [0.1, 0.15) is 0 Å². The van der Waals surface area contributed by atoms with Gasteiger partial charge >= 0.3 is 12.1 Å². The monoisotopic (exact) mass is 521 g/mol. The zero-order valence-electron chi connectivity index (χ0n) is 21.3. The predicted molar refractivity (Wildman–Crippen MR) is 139 cm³/mol. The lowest BCUT2D eigenvalue weighted by atomic mass is 10.0. The van der Waals surface area contributed by atoms with Gasteiger partial charge in [-0.2, -0.15) is 23.3 Å². The molecule has 38 heavy (non-hydrogen) atoms. The van der Waals surface area contributed by atoms with Gasteiger partial charge in [0.15, 0.2) is 11.5 Å². The number of benzene rings is 2. The number of aryl methyl sites for hydroxylation is 3. The predicted octanol–water partition coefficient (Wildman–Crippen LogP) is 6.59. The quantitative estimate of drug-likeness (QED) is 0.218. The number of esters is 1. The number of carbonyl (C=O) groups is 1. The number of nitrogens with zero attached hydrogens (tertiary/aromatic N) is 4. The van der Waals surface area contributed by atoms with Crippen LogP contribution in [0.2, 0.25) is 0 Å². The van der Waals surface area contributed by atoms with E-state index in [9.17, 15) is 18.0 Å². The molecular formula is C28H26F3N5O2. The molecule has 4 aromatic rings. The van der Waals surface area contributed by atoms with Gasteiger partial charge in [0.2, 0.25) is 5.95 Å². The lowest BCUT2D eigenvalue weighted by Crippen LogP contribution is -2.10. The van der Waals surface area contributed by atoms with Gasteiger partial charge in [0.25, 0.3) is 0 Å². The van der Waals surface area contributed by atoms with E-state index in [1.807, 2.05) is 32.0 Å². The standard InChI is InChI=1S/C28H26F3N5O2/c1-5-38-25(37)10-9-20-7-6-8-21(15-20)23-16-32-27(33-22-12-17(2)11-18(3)13-22)34-26(23)36-19(4)14-24(35-36)28(29,30)31/h6-16H,5H2,1-4H3,(H,32,33,34). The van der Waals surface area contributed by atoms with E-state index in [4.69, 9.17) is 4.74 Å². The Hall–Kier alpha value is -4.47. The first-order valence-corrected chi connectivity index (χ1v) is 11.9. The van der Waals surface area contributed by atoms with Crippen LogP contribution in [-0.4, -0.2) is 32.3 Å². The van der Waals surface area contributed by atoms with Crippen LogP contribution in [0.25, 0.3) is 23.0 Å². The summed E-state index contributed by atoms with van der Waals surface area (Å²) in [6, 6.07) is 14.0. The number of halogens is 3. The topological polar surface area (TPSA) is 81.9 Å². The molecule has 0 fully saturated rings. The molecule has 0 aliphatic heterocycles. The Balaban J connectivity index is 1.81. The van der Waals surface area contributed by atoms with E-state index in [2.05, 4.69) is 20.4 Å². The fourth-order valence-corrected chi connectivity index (χ4v) is 3.97. The van der Waals surface area contributed by atoms with Crippen LogP contribution in [0.15, 0.2) is 60.8 Å². The molecule has 1 N–H and O–H groups in total. The van der Waals surface area contributed by atoms with E-state index in [-0.39, 0.29) is 24.1 Å². The molecule has 0 spiro atoms. The number of rotatable bonds is 7. The molecule has 0 atom stereocenters. The Labute approximate surface area is 218 Å². The Morgan fingerprint density at radius 1 is 1.08 bits per heavy atom. The van der Waals surface area contributed by atoms with Crippen molar-refractivity contribution in [2.45, 2.75) is 33.9 Å². The third-order valence-electron chi connectivity index (χ3n) is 5.52. The van der Waals surface area contributed by atoms with Crippen LogP contribution in [-0.2, 0) is 15.7 Å². The average Bonchev–Trinajstić information content (AvgIpc) is 3.24. The zero-order valence-corrected chi connectivity index (χ0v) is 21.3. The maximum absolute atomic E-state index is 13.5. The van der Waals surface area contributed by atoms with Crippen LogP contribution in [0.5, 0.6) is 0 Å². The minimum absolute atomic E-state index is 0.173. The lowest BCUT2D eigenvalue weighted by molar-refractivity contribution is -0.141. The van der Waals surface area contributed by atoms with Crippen LogP contribution >= 0.6 is 0 Å². The van der Waals surface area contributed by atoms with Crippen LogP contribution in [0.3, 0.4) is 0 Å². The Morgan fingerprint density at radius 2 is 1.82 bits per heavy atom. The molecule has 0 radical (unpaired) electrons. The molecule has 10 heteroatoms. The summed E-state index contributed by atoms with van der Waals surface area (Å²) < 4.78 is 46.4. The van der Waals surface area contributed by atoms with Crippen LogP contribution in [0.1, 0.15) is 35.0 Å². The Bertz CT molecular complexity index is 1490. The van der Waals surface area contributed by atoms with Crippen molar-refractivity contribution in [1.29, 1.82) is 0 Å². The number of anilines is 2. The maximum atomic E-state index is 13.5. The maximum Gasteiger partial charge on any atom is 0.435 e. The van der Waals surface area contributed by atoms with Crippen LogP contribution < -0.4 is 5.32 Å². The van der Waals surface area contributed by atoms with Crippen molar-refractivity contribution in [2.24, 2.45) is 0 Å². The first-order valence-electron chi connectivity index (χ1n) is 11.9. The molecule has 0 bridgehead atoms. The molecule has 0 amide bonds. The highest BCUT2D eigenvalue weighted by atomic mass is 19.4. The first-order chi connectivity index (χ1) is 18.0. The highest BCUT2D eigenvalue weighted by Gasteiger charge is 2.35. The second-order valence-corrected chi connectivity index (χ2v) is 8.72. The minimum Gasteiger partial charge on any atom is -0.463 e. The number of carbonyl (C=O) groups excluding carboxylic acids is 1. The molecule has 0 saturated carbocycles. The fraction of sp³-hybridized carbons (Fsp3) is 0.214. The van der Waals surface area contributed by atoms with Gasteiger partial charge in [-0.15, -0.1) is 0 Å². The molecule has 4 rings (SSSR count). The smallest absolute Gasteiger partial charge is 0.435 e. The number of alkyl halides is 3.